The topological polar surface area (TPSA) is 110 Å². The Morgan fingerprint density at radius 3 is 3.00 bits per heavy atom. The Kier molecular flexibility index (Phi) is 3.76. The predicted octanol–water partition coefficient (Wildman–Crippen LogP) is 0.894. The van der Waals surface area contributed by atoms with Crippen molar-refractivity contribution in [3.8, 4) is 0 Å². The van der Waals surface area contributed by atoms with Crippen LogP contribution in [0.15, 0.2) is 41.3 Å². The summed E-state index contributed by atoms with van der Waals surface area (Å²) in [5.41, 5.74) is 2.65. The number of rotatable bonds is 4. The van der Waals surface area contributed by atoms with Crippen LogP contribution in [0.5, 0.6) is 0 Å². The maximum absolute atomic E-state index is 12.6. The van der Waals surface area contributed by atoms with Crippen LogP contribution in [0.1, 0.15) is 23.0 Å². The van der Waals surface area contributed by atoms with Crippen molar-refractivity contribution in [1.82, 2.24) is 34.9 Å². The minimum absolute atomic E-state index is 0.195. The summed E-state index contributed by atoms with van der Waals surface area (Å²) in [7, 11) is 0. The van der Waals surface area contributed by atoms with Crippen molar-refractivity contribution < 1.29 is 4.79 Å². The molecule has 1 atom stereocenters. The van der Waals surface area contributed by atoms with Crippen LogP contribution < -0.4 is 10.9 Å². The molecule has 4 aromatic rings. The Morgan fingerprint density at radius 2 is 2.15 bits per heavy atom. The molecule has 3 heterocycles. The van der Waals surface area contributed by atoms with Crippen molar-refractivity contribution in [2.45, 2.75) is 26.4 Å². The molecule has 3 aromatic heterocycles. The van der Waals surface area contributed by atoms with Gasteiger partial charge in [-0.2, -0.15) is 0 Å². The van der Waals surface area contributed by atoms with Crippen LogP contribution in [-0.4, -0.2) is 41.5 Å². The minimum Gasteiger partial charge on any atom is -0.348 e. The van der Waals surface area contributed by atoms with Gasteiger partial charge in [0.2, 0.25) is 0 Å². The Labute approximate surface area is 147 Å². The first-order chi connectivity index (χ1) is 12.5. The average molecular weight is 351 g/mol. The summed E-state index contributed by atoms with van der Waals surface area (Å²) >= 11 is 0. The summed E-state index contributed by atoms with van der Waals surface area (Å²) in [4.78, 5) is 28.8. The number of carbonyl (C=O) groups is 1. The first-order valence-electron chi connectivity index (χ1n) is 8.20. The van der Waals surface area contributed by atoms with Crippen molar-refractivity contribution in [3.05, 3.63) is 58.1 Å². The fourth-order valence-corrected chi connectivity index (χ4v) is 2.92. The number of aromatic amines is 1. The lowest BCUT2D eigenvalue weighted by Crippen LogP contribution is -2.36. The molecule has 1 aromatic carbocycles. The van der Waals surface area contributed by atoms with E-state index < -0.39 is 0 Å². The van der Waals surface area contributed by atoms with Gasteiger partial charge in [-0.25, -0.2) is 14.2 Å². The molecule has 26 heavy (non-hydrogen) atoms. The van der Waals surface area contributed by atoms with E-state index in [1.54, 1.807) is 11.6 Å². The number of hydrogen-bond donors (Lipinski definition) is 2. The van der Waals surface area contributed by atoms with Crippen LogP contribution in [-0.2, 0) is 6.54 Å². The second-order valence-corrected chi connectivity index (χ2v) is 6.22. The fraction of sp³-hybridized carbons (Fsp3) is 0.235. The standard InChI is InChI=1S/C17H17N7O2/c1-10-7-15(25)24-16(19-10)12(8-18-24)17(26)20-11(2)9-23-14-6-4-3-5-13(14)21-22-23/h3-8,11,18H,9H2,1-2H3,(H,20,26)/t11-/m1/s1. The maximum Gasteiger partial charge on any atom is 0.272 e. The zero-order valence-corrected chi connectivity index (χ0v) is 14.3. The quantitative estimate of drug-likeness (QED) is 0.567. The van der Waals surface area contributed by atoms with Gasteiger partial charge in [-0.3, -0.25) is 14.7 Å². The lowest BCUT2D eigenvalue weighted by atomic mass is 10.2. The summed E-state index contributed by atoms with van der Waals surface area (Å²) < 4.78 is 3.00. The van der Waals surface area contributed by atoms with Gasteiger partial charge in [-0.15, -0.1) is 5.10 Å². The van der Waals surface area contributed by atoms with E-state index in [1.165, 1.54) is 16.8 Å². The van der Waals surface area contributed by atoms with Crippen molar-refractivity contribution >= 4 is 22.6 Å². The number of H-pyrrole nitrogens is 1. The molecule has 2 N–H and O–H groups in total. The smallest absolute Gasteiger partial charge is 0.272 e. The van der Waals surface area contributed by atoms with Crippen LogP contribution in [0, 0.1) is 6.92 Å². The van der Waals surface area contributed by atoms with Crippen LogP contribution in [0.3, 0.4) is 0 Å². The number of benzene rings is 1. The van der Waals surface area contributed by atoms with Crippen LogP contribution in [0.25, 0.3) is 16.7 Å². The average Bonchev–Trinajstić information content (AvgIpc) is 3.19. The van der Waals surface area contributed by atoms with E-state index in [0.29, 0.717) is 23.4 Å². The lowest BCUT2D eigenvalue weighted by molar-refractivity contribution is 0.0937. The minimum atomic E-state index is -0.307. The molecule has 0 aliphatic rings. The summed E-state index contributed by atoms with van der Waals surface area (Å²) in [5.74, 6) is -0.307. The highest BCUT2D eigenvalue weighted by Gasteiger charge is 2.17. The predicted molar refractivity (Wildman–Crippen MR) is 95.0 cm³/mol. The molecule has 132 valence electrons. The third-order valence-electron chi connectivity index (χ3n) is 4.11. The van der Waals surface area contributed by atoms with Gasteiger partial charge in [-0.05, 0) is 26.0 Å². The summed E-state index contributed by atoms with van der Waals surface area (Å²) in [6.45, 7) is 4.07. The molecule has 0 fully saturated rings. The van der Waals surface area contributed by atoms with E-state index in [0.717, 1.165) is 11.0 Å². The number of nitrogens with one attached hydrogen (secondary N) is 2. The molecule has 0 spiro atoms. The summed E-state index contributed by atoms with van der Waals surface area (Å²) in [6.07, 6.45) is 1.48. The van der Waals surface area contributed by atoms with Gasteiger partial charge < -0.3 is 5.32 Å². The second-order valence-electron chi connectivity index (χ2n) is 6.22. The van der Waals surface area contributed by atoms with Gasteiger partial charge in [0.1, 0.15) is 11.1 Å². The number of nitrogens with zero attached hydrogens (tertiary/aromatic N) is 5. The van der Waals surface area contributed by atoms with Crippen molar-refractivity contribution in [2.75, 3.05) is 0 Å². The number of para-hydroxylation sites is 1. The van der Waals surface area contributed by atoms with Crippen molar-refractivity contribution in [1.29, 1.82) is 0 Å². The molecule has 0 bridgehead atoms. The second kappa shape index (κ2) is 6.10. The molecule has 1 amide bonds. The summed E-state index contributed by atoms with van der Waals surface area (Å²) in [6, 6.07) is 8.86. The molecular formula is C17H17N7O2. The van der Waals surface area contributed by atoms with E-state index >= 15 is 0 Å². The Bertz CT molecular complexity index is 1170. The molecular weight excluding hydrogens is 334 g/mol. The molecule has 4 rings (SSSR count). The normalized spacial score (nSPS) is 12.5. The highest BCUT2D eigenvalue weighted by Crippen LogP contribution is 2.11. The molecule has 0 aliphatic carbocycles. The Morgan fingerprint density at radius 1 is 1.35 bits per heavy atom. The van der Waals surface area contributed by atoms with Gasteiger partial charge in [0.05, 0.1) is 12.1 Å². The number of carbonyl (C=O) groups excluding carboxylic acids is 1. The molecule has 0 saturated heterocycles. The van der Waals surface area contributed by atoms with Gasteiger partial charge in [-0.1, -0.05) is 17.3 Å². The number of amides is 1. The monoisotopic (exact) mass is 351 g/mol. The zero-order chi connectivity index (χ0) is 18.3. The van der Waals surface area contributed by atoms with E-state index in [1.807, 2.05) is 31.2 Å². The molecule has 0 saturated carbocycles. The third kappa shape index (κ3) is 2.73. The Hall–Kier alpha value is -3.49. The largest absolute Gasteiger partial charge is 0.348 e. The molecule has 9 nitrogen and oxygen atoms in total. The van der Waals surface area contributed by atoms with E-state index in [9.17, 15) is 9.59 Å². The van der Waals surface area contributed by atoms with Crippen molar-refractivity contribution in [2.24, 2.45) is 0 Å². The molecule has 0 unspecified atom stereocenters. The zero-order valence-electron chi connectivity index (χ0n) is 14.3. The third-order valence-corrected chi connectivity index (χ3v) is 4.11. The highest BCUT2D eigenvalue weighted by atomic mass is 16.2. The van der Waals surface area contributed by atoms with Crippen LogP contribution in [0.2, 0.25) is 0 Å². The molecule has 0 radical (unpaired) electrons. The van der Waals surface area contributed by atoms with E-state index in [4.69, 9.17) is 0 Å². The van der Waals surface area contributed by atoms with Crippen LogP contribution in [0.4, 0.5) is 0 Å². The Balaban J connectivity index is 1.55. The van der Waals surface area contributed by atoms with Crippen LogP contribution >= 0.6 is 0 Å². The van der Waals surface area contributed by atoms with Gasteiger partial charge in [0, 0.05) is 24.0 Å². The van der Waals surface area contributed by atoms with Crippen molar-refractivity contribution in [3.63, 3.8) is 0 Å². The van der Waals surface area contributed by atoms with E-state index in [-0.39, 0.29) is 17.5 Å². The van der Waals surface area contributed by atoms with Gasteiger partial charge >= 0.3 is 0 Å². The fourth-order valence-electron chi connectivity index (χ4n) is 2.92. The van der Waals surface area contributed by atoms with Gasteiger partial charge in [0.15, 0.2) is 5.65 Å². The first-order valence-corrected chi connectivity index (χ1v) is 8.20. The number of hydrogen-bond acceptors (Lipinski definition) is 5. The molecule has 0 aliphatic heterocycles. The lowest BCUT2D eigenvalue weighted by Gasteiger charge is -2.13. The highest BCUT2D eigenvalue weighted by molar-refractivity contribution is 5.99. The summed E-state index contributed by atoms with van der Waals surface area (Å²) in [5, 5.41) is 13.9. The first kappa shape index (κ1) is 16.0. The van der Waals surface area contributed by atoms with E-state index in [2.05, 4.69) is 25.7 Å². The maximum atomic E-state index is 12.6. The number of aromatic nitrogens is 6. The van der Waals surface area contributed by atoms with Gasteiger partial charge in [0.25, 0.3) is 11.5 Å². The SMILES string of the molecule is Cc1cc(=O)n2[nH]cc(C(=O)N[C@H](C)Cn3nnc4ccccc43)c2n1. The number of fused-ring (bicyclic) bond motifs is 2. The number of aryl methyl sites for hydroxylation is 1. The molecule has 9 heteroatoms.